The zero-order chi connectivity index (χ0) is 21.5. The molecule has 6 nitrogen and oxygen atoms in total. The molecule has 3 fully saturated rings. The number of nitrogens with zero attached hydrogens (tertiary/aromatic N) is 3. The average molecular weight is 416 g/mol. The molecule has 0 spiro atoms. The first kappa shape index (κ1) is 21.5. The average Bonchev–Trinajstić information content (AvgIpc) is 3.31. The monoisotopic (exact) mass is 415 g/mol. The van der Waals surface area contributed by atoms with Crippen LogP contribution in [0.4, 0.5) is 0 Å². The fraction of sp³-hybridized carbons (Fsp3) is 0.792. The highest BCUT2D eigenvalue weighted by Crippen LogP contribution is 2.62. The van der Waals surface area contributed by atoms with Crippen LogP contribution in [-0.2, 0) is 16.1 Å². The van der Waals surface area contributed by atoms with Crippen LogP contribution in [0.15, 0.2) is 24.8 Å². The van der Waals surface area contributed by atoms with Crippen LogP contribution >= 0.6 is 0 Å². The van der Waals surface area contributed by atoms with Crippen molar-refractivity contribution in [3.8, 4) is 0 Å². The second kappa shape index (κ2) is 8.10. The summed E-state index contributed by atoms with van der Waals surface area (Å²) in [7, 11) is 0. The molecule has 0 bridgehead atoms. The Hall–Kier alpha value is -1.69. The topological polar surface area (TPSA) is 77.2 Å². The number of fused-ring (bicyclic) bond motifs is 1. The molecule has 1 heterocycles. The van der Waals surface area contributed by atoms with Crippen LogP contribution in [0.5, 0.6) is 0 Å². The number of carbonyl (C=O) groups is 1. The van der Waals surface area contributed by atoms with E-state index in [0.29, 0.717) is 17.8 Å². The number of ether oxygens (including phenoxy) is 1. The van der Waals surface area contributed by atoms with Gasteiger partial charge in [0.2, 0.25) is 0 Å². The number of hydrogen-bond donors (Lipinski definition) is 1. The molecule has 0 unspecified atom stereocenters. The minimum absolute atomic E-state index is 0.0329. The smallest absolute Gasteiger partial charge is 0.302 e. The summed E-state index contributed by atoms with van der Waals surface area (Å²) in [5.74, 6) is 0.860. The second-order valence-electron chi connectivity index (χ2n) is 10.5. The number of carbonyl (C=O) groups excluding carboxylic acids is 1. The van der Waals surface area contributed by atoms with Gasteiger partial charge in [-0.05, 0) is 68.1 Å². The number of aliphatic hydroxyl groups is 1. The molecule has 4 rings (SSSR count). The van der Waals surface area contributed by atoms with Gasteiger partial charge in [0, 0.05) is 25.3 Å². The van der Waals surface area contributed by atoms with Gasteiger partial charge in [0.05, 0.1) is 6.10 Å². The zero-order valence-electron chi connectivity index (χ0n) is 18.7. The third-order valence-electron chi connectivity index (χ3n) is 8.98. The van der Waals surface area contributed by atoms with Gasteiger partial charge in [0.25, 0.3) is 0 Å². The van der Waals surface area contributed by atoms with E-state index in [2.05, 4.69) is 30.5 Å². The van der Waals surface area contributed by atoms with Gasteiger partial charge in [-0.3, -0.25) is 9.48 Å². The van der Waals surface area contributed by atoms with Crippen molar-refractivity contribution >= 4 is 5.97 Å². The second-order valence-corrected chi connectivity index (χ2v) is 10.5. The first-order chi connectivity index (χ1) is 14.2. The Bertz CT molecular complexity index is 779. The molecule has 166 valence electrons. The lowest BCUT2D eigenvalue weighted by Crippen LogP contribution is -2.54. The fourth-order valence-corrected chi connectivity index (χ4v) is 7.02. The van der Waals surface area contributed by atoms with Crippen LogP contribution in [0.25, 0.3) is 0 Å². The third-order valence-corrected chi connectivity index (χ3v) is 8.98. The highest BCUT2D eigenvalue weighted by Gasteiger charge is 2.58. The normalized spacial score (nSPS) is 41.5. The number of hydrogen-bond acceptors (Lipinski definition) is 5. The quantitative estimate of drug-likeness (QED) is 0.577. The molecule has 0 radical (unpaired) electrons. The number of esters is 1. The van der Waals surface area contributed by atoms with Crippen molar-refractivity contribution in [2.24, 2.45) is 28.6 Å². The molecule has 7 atom stereocenters. The summed E-state index contributed by atoms with van der Waals surface area (Å²) in [6.07, 6.45) is 10.9. The Morgan fingerprint density at radius 1 is 1.30 bits per heavy atom. The lowest BCUT2D eigenvalue weighted by Gasteiger charge is -2.56. The Morgan fingerprint density at radius 3 is 2.80 bits per heavy atom. The van der Waals surface area contributed by atoms with Gasteiger partial charge in [-0.15, -0.1) is 0 Å². The van der Waals surface area contributed by atoms with Crippen LogP contribution in [0.1, 0.15) is 72.1 Å². The number of allylic oxidation sites excluding steroid dienone is 1. The summed E-state index contributed by atoms with van der Waals surface area (Å²) in [5.41, 5.74) is 1.44. The Kier molecular flexibility index (Phi) is 5.82. The van der Waals surface area contributed by atoms with Crippen LogP contribution in [0, 0.1) is 28.6 Å². The molecule has 0 saturated heterocycles. The number of rotatable bonds is 5. The Morgan fingerprint density at radius 2 is 2.10 bits per heavy atom. The van der Waals surface area contributed by atoms with Gasteiger partial charge in [-0.25, -0.2) is 4.98 Å². The van der Waals surface area contributed by atoms with E-state index < -0.39 is 0 Å². The molecule has 0 aromatic carbocycles. The van der Waals surface area contributed by atoms with Crippen molar-refractivity contribution in [3.63, 3.8) is 0 Å². The summed E-state index contributed by atoms with van der Waals surface area (Å²) < 4.78 is 7.98. The van der Waals surface area contributed by atoms with Crippen molar-refractivity contribution in [1.29, 1.82) is 0 Å². The molecular formula is C24H37N3O3. The fourth-order valence-electron chi connectivity index (χ4n) is 7.02. The molecule has 3 saturated carbocycles. The van der Waals surface area contributed by atoms with Crippen LogP contribution in [0.3, 0.4) is 0 Å². The highest BCUT2D eigenvalue weighted by molar-refractivity contribution is 5.66. The van der Waals surface area contributed by atoms with Crippen molar-refractivity contribution < 1.29 is 14.6 Å². The SMILES string of the molecule is C=C1CC[C@H]2[C@H](OC(C)=O)[C@@H]([C@@]3(C)CC[C@H](O)C[C@@H]3CCn3cncn3)CC[C@]12C. The van der Waals surface area contributed by atoms with Gasteiger partial charge in [-0.1, -0.05) is 26.0 Å². The van der Waals surface area contributed by atoms with E-state index in [4.69, 9.17) is 4.74 Å². The minimum atomic E-state index is -0.244. The molecule has 6 heteroatoms. The lowest BCUT2D eigenvalue weighted by molar-refractivity contribution is -0.173. The number of aliphatic hydroxyl groups excluding tert-OH is 1. The number of aryl methyl sites for hydroxylation is 1. The summed E-state index contributed by atoms with van der Waals surface area (Å²) in [6.45, 7) is 11.4. The van der Waals surface area contributed by atoms with Crippen molar-refractivity contribution in [2.75, 3.05) is 0 Å². The largest absolute Gasteiger partial charge is 0.462 e. The predicted octanol–water partition coefficient (Wildman–Crippen LogP) is 4.15. The summed E-state index contributed by atoms with van der Waals surface area (Å²) >= 11 is 0. The van der Waals surface area contributed by atoms with Crippen LogP contribution in [-0.4, -0.2) is 38.0 Å². The Balaban J connectivity index is 1.61. The van der Waals surface area contributed by atoms with E-state index in [9.17, 15) is 9.90 Å². The zero-order valence-corrected chi connectivity index (χ0v) is 18.7. The maximum absolute atomic E-state index is 12.1. The summed E-state index contributed by atoms with van der Waals surface area (Å²) in [5, 5.41) is 14.7. The molecule has 1 aromatic rings. The van der Waals surface area contributed by atoms with Gasteiger partial charge in [0.15, 0.2) is 0 Å². The van der Waals surface area contributed by atoms with Gasteiger partial charge in [0.1, 0.15) is 18.8 Å². The maximum Gasteiger partial charge on any atom is 0.302 e. The number of aromatic nitrogens is 3. The minimum Gasteiger partial charge on any atom is -0.462 e. The predicted molar refractivity (Wildman–Crippen MR) is 114 cm³/mol. The third kappa shape index (κ3) is 3.72. The molecule has 1 N–H and O–H groups in total. The van der Waals surface area contributed by atoms with E-state index in [1.807, 2.05) is 4.68 Å². The van der Waals surface area contributed by atoms with E-state index >= 15 is 0 Å². The highest BCUT2D eigenvalue weighted by atomic mass is 16.5. The van der Waals surface area contributed by atoms with Crippen LogP contribution in [0.2, 0.25) is 0 Å². The summed E-state index contributed by atoms with van der Waals surface area (Å²) in [4.78, 5) is 16.2. The van der Waals surface area contributed by atoms with E-state index in [-0.39, 0.29) is 29.0 Å². The van der Waals surface area contributed by atoms with Crippen molar-refractivity contribution in [2.45, 2.75) is 90.9 Å². The first-order valence-corrected chi connectivity index (χ1v) is 11.6. The Labute approximate surface area is 180 Å². The molecule has 3 aliphatic carbocycles. The van der Waals surface area contributed by atoms with Gasteiger partial charge in [-0.2, -0.15) is 5.10 Å². The molecule has 30 heavy (non-hydrogen) atoms. The molecule has 0 aliphatic heterocycles. The first-order valence-electron chi connectivity index (χ1n) is 11.6. The van der Waals surface area contributed by atoms with E-state index in [0.717, 1.165) is 57.9 Å². The lowest BCUT2D eigenvalue weighted by atomic mass is 9.51. The van der Waals surface area contributed by atoms with Gasteiger partial charge < -0.3 is 9.84 Å². The van der Waals surface area contributed by atoms with Gasteiger partial charge >= 0.3 is 5.97 Å². The standard InChI is InChI=1S/C24H37N3O3/c1-16-5-6-20-22(30-17(2)28)21(8-11-23(16,20)3)24(4)10-7-19(29)13-18(24)9-12-27-15-25-14-26-27/h14-15,18-22,29H,1,5-13H2,2-4H3/t18-,19-,20-,21-,22-,23+,24-/m0/s1. The maximum atomic E-state index is 12.1. The van der Waals surface area contributed by atoms with Crippen molar-refractivity contribution in [3.05, 3.63) is 24.8 Å². The van der Waals surface area contributed by atoms with E-state index in [1.165, 1.54) is 5.57 Å². The summed E-state index contributed by atoms with van der Waals surface area (Å²) in [6, 6.07) is 0. The van der Waals surface area contributed by atoms with Crippen LogP contribution < -0.4 is 0 Å². The molecule has 3 aliphatic rings. The van der Waals surface area contributed by atoms with Crippen molar-refractivity contribution in [1.82, 2.24) is 14.8 Å². The molecular weight excluding hydrogens is 378 g/mol. The van der Waals surface area contributed by atoms with E-state index in [1.54, 1.807) is 19.6 Å². The molecule has 0 amide bonds. The molecule has 1 aromatic heterocycles.